The van der Waals surface area contributed by atoms with Gasteiger partial charge in [0.15, 0.2) is 0 Å². The molecule has 2 N–H and O–H groups in total. The minimum atomic E-state index is -1.11. The van der Waals surface area contributed by atoms with Crippen molar-refractivity contribution in [2.75, 3.05) is 0 Å². The van der Waals surface area contributed by atoms with Gasteiger partial charge in [0.25, 0.3) is 0 Å². The number of carbonyl (C=O) groups is 2. The second-order valence-corrected chi connectivity index (χ2v) is 3.75. The maximum absolute atomic E-state index is 12.4. The average molecular weight is 239 g/mol. The highest BCUT2D eigenvalue weighted by atomic mass is 19.1. The largest absolute Gasteiger partial charge is 0.480 e. The van der Waals surface area contributed by atoms with Crippen molar-refractivity contribution in [2.45, 2.75) is 26.1 Å². The van der Waals surface area contributed by atoms with E-state index in [9.17, 15) is 14.0 Å². The van der Waals surface area contributed by atoms with Gasteiger partial charge in [0, 0.05) is 13.3 Å². The molecule has 1 aromatic rings. The SMILES string of the molecule is CC(=O)NC(Cc1cccc(CF)c1)C(=O)O. The number of nitrogens with one attached hydrogen (secondary N) is 1. The van der Waals surface area contributed by atoms with E-state index in [-0.39, 0.29) is 6.42 Å². The predicted octanol–water partition coefficient (Wildman–Crippen LogP) is 1.29. The monoisotopic (exact) mass is 239 g/mol. The van der Waals surface area contributed by atoms with Crippen molar-refractivity contribution in [1.82, 2.24) is 5.32 Å². The van der Waals surface area contributed by atoms with Gasteiger partial charge in [-0.1, -0.05) is 24.3 Å². The van der Waals surface area contributed by atoms with E-state index in [1.165, 1.54) is 6.92 Å². The van der Waals surface area contributed by atoms with Crippen LogP contribution >= 0.6 is 0 Å². The third-order valence-corrected chi connectivity index (χ3v) is 2.26. The van der Waals surface area contributed by atoms with Gasteiger partial charge in [0.2, 0.25) is 5.91 Å². The number of carboxylic acids is 1. The van der Waals surface area contributed by atoms with Crippen molar-refractivity contribution in [3.05, 3.63) is 35.4 Å². The van der Waals surface area contributed by atoms with E-state index in [1.807, 2.05) is 0 Å². The fourth-order valence-electron chi connectivity index (χ4n) is 1.52. The summed E-state index contributed by atoms with van der Waals surface area (Å²) in [5.74, 6) is -1.51. The molecule has 0 saturated carbocycles. The van der Waals surface area contributed by atoms with Crippen LogP contribution in [0.25, 0.3) is 0 Å². The van der Waals surface area contributed by atoms with Gasteiger partial charge in [0.1, 0.15) is 12.7 Å². The lowest BCUT2D eigenvalue weighted by atomic mass is 10.0. The standard InChI is InChI=1S/C12H14FNO3/c1-8(15)14-11(12(16)17)6-9-3-2-4-10(5-9)7-13/h2-5,11H,6-7H2,1H3,(H,14,15)(H,16,17). The molecule has 4 nitrogen and oxygen atoms in total. The van der Waals surface area contributed by atoms with Gasteiger partial charge in [-0.2, -0.15) is 0 Å². The molecule has 17 heavy (non-hydrogen) atoms. The lowest BCUT2D eigenvalue weighted by molar-refractivity contribution is -0.141. The fourth-order valence-corrected chi connectivity index (χ4v) is 1.52. The van der Waals surface area contributed by atoms with E-state index in [0.29, 0.717) is 11.1 Å². The molecule has 1 atom stereocenters. The van der Waals surface area contributed by atoms with E-state index < -0.39 is 24.6 Å². The first-order valence-corrected chi connectivity index (χ1v) is 5.16. The van der Waals surface area contributed by atoms with Crippen molar-refractivity contribution < 1.29 is 19.1 Å². The summed E-state index contributed by atoms with van der Waals surface area (Å²) in [5.41, 5.74) is 1.18. The summed E-state index contributed by atoms with van der Waals surface area (Å²) in [5, 5.41) is 11.3. The third-order valence-electron chi connectivity index (χ3n) is 2.26. The number of benzene rings is 1. The number of alkyl halides is 1. The molecule has 0 saturated heterocycles. The molecule has 1 rings (SSSR count). The summed E-state index contributed by atoms with van der Waals surface area (Å²) >= 11 is 0. The van der Waals surface area contributed by atoms with Crippen molar-refractivity contribution in [3.63, 3.8) is 0 Å². The van der Waals surface area contributed by atoms with Gasteiger partial charge in [0.05, 0.1) is 0 Å². The Balaban J connectivity index is 2.78. The lowest BCUT2D eigenvalue weighted by Gasteiger charge is -2.13. The molecule has 0 fully saturated rings. The van der Waals surface area contributed by atoms with Crippen LogP contribution in [0.4, 0.5) is 4.39 Å². The first-order chi connectivity index (χ1) is 8.02. The molecular weight excluding hydrogens is 225 g/mol. The zero-order chi connectivity index (χ0) is 12.8. The van der Waals surface area contributed by atoms with Crippen molar-refractivity contribution in [1.29, 1.82) is 0 Å². The van der Waals surface area contributed by atoms with Crippen LogP contribution in [-0.2, 0) is 22.7 Å². The van der Waals surface area contributed by atoms with Crippen LogP contribution in [0.3, 0.4) is 0 Å². The highest BCUT2D eigenvalue weighted by Gasteiger charge is 2.18. The molecule has 0 aliphatic heterocycles. The quantitative estimate of drug-likeness (QED) is 0.813. The molecule has 1 unspecified atom stereocenters. The number of amides is 1. The number of hydrogen-bond acceptors (Lipinski definition) is 2. The Morgan fingerprint density at radius 2 is 2.06 bits per heavy atom. The van der Waals surface area contributed by atoms with Gasteiger partial charge in [-0.05, 0) is 11.1 Å². The summed E-state index contributed by atoms with van der Waals surface area (Å²) in [7, 11) is 0. The Morgan fingerprint density at radius 3 is 2.59 bits per heavy atom. The maximum Gasteiger partial charge on any atom is 0.326 e. The van der Waals surface area contributed by atoms with Gasteiger partial charge in [-0.25, -0.2) is 9.18 Å². The molecule has 0 bridgehead atoms. The fraction of sp³-hybridized carbons (Fsp3) is 0.333. The Labute approximate surface area is 98.5 Å². The number of carboxylic acid groups (broad SMARTS) is 1. The summed E-state index contributed by atoms with van der Waals surface area (Å²) in [6.45, 7) is 0.666. The molecule has 0 aliphatic rings. The zero-order valence-electron chi connectivity index (χ0n) is 9.44. The first kappa shape index (κ1) is 13.2. The van der Waals surface area contributed by atoms with Gasteiger partial charge in [-0.3, -0.25) is 4.79 Å². The molecule has 5 heteroatoms. The third kappa shape index (κ3) is 4.22. The molecule has 0 aliphatic carbocycles. The van der Waals surface area contributed by atoms with E-state index in [0.717, 1.165) is 0 Å². The average Bonchev–Trinajstić information content (AvgIpc) is 2.27. The number of halogens is 1. The zero-order valence-corrected chi connectivity index (χ0v) is 9.44. The Hall–Kier alpha value is -1.91. The number of rotatable bonds is 5. The highest BCUT2D eigenvalue weighted by Crippen LogP contribution is 2.09. The minimum absolute atomic E-state index is 0.142. The van der Waals surface area contributed by atoms with Crippen LogP contribution in [0.2, 0.25) is 0 Å². The summed E-state index contributed by atoms with van der Waals surface area (Å²) < 4.78 is 12.4. The predicted molar refractivity (Wildman–Crippen MR) is 60.2 cm³/mol. The van der Waals surface area contributed by atoms with Crippen LogP contribution in [0, 0.1) is 0 Å². The molecule has 1 aromatic carbocycles. The van der Waals surface area contributed by atoms with E-state index in [2.05, 4.69) is 5.32 Å². The topological polar surface area (TPSA) is 66.4 Å². The normalized spacial score (nSPS) is 11.9. The molecular formula is C12H14FNO3. The van der Waals surface area contributed by atoms with Crippen LogP contribution in [0.15, 0.2) is 24.3 Å². The van der Waals surface area contributed by atoms with Crippen LogP contribution in [-0.4, -0.2) is 23.0 Å². The van der Waals surface area contributed by atoms with E-state index in [4.69, 9.17) is 5.11 Å². The molecule has 92 valence electrons. The number of carbonyl (C=O) groups excluding carboxylic acids is 1. The van der Waals surface area contributed by atoms with Crippen LogP contribution < -0.4 is 5.32 Å². The van der Waals surface area contributed by atoms with Gasteiger partial charge in [-0.15, -0.1) is 0 Å². The van der Waals surface area contributed by atoms with Gasteiger partial charge < -0.3 is 10.4 Å². The van der Waals surface area contributed by atoms with Crippen LogP contribution in [0.5, 0.6) is 0 Å². The second-order valence-electron chi connectivity index (χ2n) is 3.75. The number of hydrogen-bond donors (Lipinski definition) is 2. The summed E-state index contributed by atoms with van der Waals surface area (Å²) in [4.78, 5) is 21.7. The molecule has 0 heterocycles. The Morgan fingerprint density at radius 1 is 1.41 bits per heavy atom. The first-order valence-electron chi connectivity index (χ1n) is 5.16. The summed E-state index contributed by atoms with van der Waals surface area (Å²) in [6.07, 6.45) is 0.142. The van der Waals surface area contributed by atoms with Crippen molar-refractivity contribution >= 4 is 11.9 Å². The van der Waals surface area contributed by atoms with Crippen molar-refractivity contribution in [2.24, 2.45) is 0 Å². The molecule has 1 amide bonds. The Kier molecular flexibility index (Phi) is 4.63. The summed E-state index contributed by atoms with van der Waals surface area (Å²) in [6, 6.07) is 5.60. The lowest BCUT2D eigenvalue weighted by Crippen LogP contribution is -2.41. The van der Waals surface area contributed by atoms with E-state index in [1.54, 1.807) is 24.3 Å². The smallest absolute Gasteiger partial charge is 0.326 e. The highest BCUT2D eigenvalue weighted by molar-refractivity contribution is 5.82. The van der Waals surface area contributed by atoms with Crippen molar-refractivity contribution in [3.8, 4) is 0 Å². The number of aliphatic carboxylic acids is 1. The minimum Gasteiger partial charge on any atom is -0.480 e. The molecule has 0 aromatic heterocycles. The Bertz CT molecular complexity index is 420. The van der Waals surface area contributed by atoms with E-state index >= 15 is 0 Å². The van der Waals surface area contributed by atoms with Crippen LogP contribution in [0.1, 0.15) is 18.1 Å². The maximum atomic E-state index is 12.4. The second kappa shape index (κ2) is 5.98. The van der Waals surface area contributed by atoms with Gasteiger partial charge >= 0.3 is 5.97 Å². The molecule has 0 radical (unpaired) electrons. The molecule has 0 spiro atoms.